The minimum absolute atomic E-state index is 0.0206. The van der Waals surface area contributed by atoms with Gasteiger partial charge in [-0.25, -0.2) is 4.79 Å². The highest BCUT2D eigenvalue weighted by Gasteiger charge is 2.15. The molecule has 21 heavy (non-hydrogen) atoms. The Morgan fingerprint density at radius 2 is 1.90 bits per heavy atom. The molecule has 0 N–H and O–H groups in total. The van der Waals surface area contributed by atoms with E-state index in [1.54, 1.807) is 24.3 Å². The summed E-state index contributed by atoms with van der Waals surface area (Å²) in [5, 5.41) is 17.3. The number of nitrogens with zero attached hydrogens (tertiary/aromatic N) is 4. The number of benzene rings is 1. The Bertz CT molecular complexity index is 775. The first-order valence-electron chi connectivity index (χ1n) is 6.27. The number of nitriles is 2. The van der Waals surface area contributed by atoms with Crippen molar-refractivity contribution >= 4 is 17.0 Å². The number of amides is 1. The van der Waals surface area contributed by atoms with Gasteiger partial charge >= 0.3 is 5.76 Å². The van der Waals surface area contributed by atoms with E-state index in [0.29, 0.717) is 11.1 Å². The summed E-state index contributed by atoms with van der Waals surface area (Å²) >= 11 is 0. The van der Waals surface area contributed by atoms with Crippen molar-refractivity contribution in [3.05, 3.63) is 34.8 Å². The Balaban J connectivity index is 2.13. The number of hydrogen-bond acceptors (Lipinski definition) is 5. The number of carbonyl (C=O) groups excluding carboxylic acids is 1. The second kappa shape index (κ2) is 6.40. The molecule has 1 heterocycles. The van der Waals surface area contributed by atoms with E-state index in [1.807, 2.05) is 12.1 Å². The molecule has 0 spiro atoms. The molecule has 0 bridgehead atoms. The van der Waals surface area contributed by atoms with Crippen molar-refractivity contribution in [2.45, 2.75) is 13.0 Å². The van der Waals surface area contributed by atoms with Gasteiger partial charge in [-0.3, -0.25) is 9.36 Å². The van der Waals surface area contributed by atoms with Crippen molar-refractivity contribution in [3.63, 3.8) is 0 Å². The number of hydrogen-bond donors (Lipinski definition) is 0. The SMILES string of the molecule is N#CCN(CC#N)C(=O)CCn1c(=O)oc2ccccc21. The van der Waals surface area contributed by atoms with Crippen LogP contribution in [-0.2, 0) is 11.3 Å². The third-order valence-corrected chi connectivity index (χ3v) is 3.00. The molecule has 1 amide bonds. The Morgan fingerprint density at radius 1 is 1.24 bits per heavy atom. The fraction of sp³-hybridized carbons (Fsp3) is 0.286. The van der Waals surface area contributed by atoms with E-state index < -0.39 is 5.76 Å². The van der Waals surface area contributed by atoms with Crippen LogP contribution in [0.4, 0.5) is 0 Å². The first kappa shape index (κ1) is 14.4. The zero-order chi connectivity index (χ0) is 15.2. The van der Waals surface area contributed by atoms with Gasteiger partial charge < -0.3 is 9.32 Å². The van der Waals surface area contributed by atoms with Gasteiger partial charge in [-0.1, -0.05) is 12.1 Å². The fourth-order valence-electron chi connectivity index (χ4n) is 1.99. The van der Waals surface area contributed by atoms with E-state index in [-0.39, 0.29) is 32.0 Å². The molecule has 0 aliphatic heterocycles. The lowest BCUT2D eigenvalue weighted by atomic mass is 10.3. The molecule has 1 aromatic heterocycles. The molecule has 1 aromatic carbocycles. The summed E-state index contributed by atoms with van der Waals surface area (Å²) in [6.45, 7) is -0.150. The van der Waals surface area contributed by atoms with E-state index in [0.717, 1.165) is 4.90 Å². The summed E-state index contributed by atoms with van der Waals surface area (Å²) in [6, 6.07) is 10.6. The third-order valence-electron chi connectivity index (χ3n) is 3.00. The smallest absolute Gasteiger partial charge is 0.408 e. The Kier molecular flexibility index (Phi) is 4.37. The monoisotopic (exact) mass is 284 g/mol. The predicted octanol–water partition coefficient (Wildman–Crippen LogP) is 0.860. The number of aryl methyl sites for hydroxylation is 1. The van der Waals surface area contributed by atoms with Crippen LogP contribution in [0.1, 0.15) is 6.42 Å². The van der Waals surface area contributed by atoms with Crippen molar-refractivity contribution in [3.8, 4) is 12.1 Å². The highest BCUT2D eigenvalue weighted by Crippen LogP contribution is 2.12. The predicted molar refractivity (Wildman–Crippen MR) is 72.9 cm³/mol. The van der Waals surface area contributed by atoms with Crippen LogP contribution in [0.3, 0.4) is 0 Å². The normalized spacial score (nSPS) is 10.0. The maximum atomic E-state index is 11.9. The zero-order valence-corrected chi connectivity index (χ0v) is 11.2. The largest absolute Gasteiger partial charge is 0.419 e. The van der Waals surface area contributed by atoms with Gasteiger partial charge in [-0.05, 0) is 12.1 Å². The van der Waals surface area contributed by atoms with Crippen LogP contribution >= 0.6 is 0 Å². The summed E-state index contributed by atoms with van der Waals surface area (Å²) in [6.07, 6.45) is 0.0206. The minimum atomic E-state index is -0.531. The summed E-state index contributed by atoms with van der Waals surface area (Å²) in [5.41, 5.74) is 1.07. The number of carbonyl (C=O) groups is 1. The van der Waals surface area contributed by atoms with Crippen LogP contribution in [0.2, 0.25) is 0 Å². The van der Waals surface area contributed by atoms with Gasteiger partial charge in [-0.15, -0.1) is 0 Å². The van der Waals surface area contributed by atoms with Crippen LogP contribution < -0.4 is 5.76 Å². The second-order valence-corrected chi connectivity index (χ2v) is 4.30. The van der Waals surface area contributed by atoms with E-state index in [4.69, 9.17) is 14.9 Å². The van der Waals surface area contributed by atoms with Gasteiger partial charge in [0.05, 0.1) is 17.7 Å². The molecule has 0 aliphatic carbocycles. The molecule has 0 fully saturated rings. The van der Waals surface area contributed by atoms with Crippen LogP contribution in [0, 0.1) is 22.7 Å². The molecule has 2 rings (SSSR count). The van der Waals surface area contributed by atoms with Gasteiger partial charge in [-0.2, -0.15) is 10.5 Å². The fourth-order valence-corrected chi connectivity index (χ4v) is 1.99. The highest BCUT2D eigenvalue weighted by atomic mass is 16.4. The van der Waals surface area contributed by atoms with Crippen LogP contribution in [0.25, 0.3) is 11.1 Å². The quantitative estimate of drug-likeness (QED) is 0.757. The molecular formula is C14H12N4O3. The molecule has 0 atom stereocenters. The molecule has 2 aromatic rings. The molecular weight excluding hydrogens is 272 g/mol. The Labute approximate surface area is 120 Å². The molecule has 0 radical (unpaired) electrons. The van der Waals surface area contributed by atoms with Crippen molar-refractivity contribution in [1.82, 2.24) is 9.47 Å². The number of aromatic nitrogens is 1. The van der Waals surface area contributed by atoms with Crippen LogP contribution in [-0.4, -0.2) is 28.5 Å². The van der Waals surface area contributed by atoms with Crippen molar-refractivity contribution < 1.29 is 9.21 Å². The summed E-state index contributed by atoms with van der Waals surface area (Å²) < 4.78 is 6.43. The molecule has 7 nitrogen and oxygen atoms in total. The van der Waals surface area contributed by atoms with Gasteiger partial charge in [0.2, 0.25) is 5.91 Å². The minimum Gasteiger partial charge on any atom is -0.408 e. The molecule has 0 unspecified atom stereocenters. The highest BCUT2D eigenvalue weighted by molar-refractivity contribution is 5.77. The second-order valence-electron chi connectivity index (χ2n) is 4.30. The lowest BCUT2D eigenvalue weighted by Gasteiger charge is -2.15. The van der Waals surface area contributed by atoms with Crippen molar-refractivity contribution in [1.29, 1.82) is 10.5 Å². The number of rotatable bonds is 5. The molecule has 0 saturated heterocycles. The van der Waals surface area contributed by atoms with E-state index in [9.17, 15) is 9.59 Å². The summed E-state index contributed by atoms with van der Waals surface area (Å²) in [4.78, 5) is 24.8. The van der Waals surface area contributed by atoms with Crippen LogP contribution in [0.5, 0.6) is 0 Å². The van der Waals surface area contributed by atoms with Gasteiger partial charge in [0, 0.05) is 13.0 Å². The number of para-hydroxylation sites is 2. The third kappa shape index (κ3) is 3.10. The molecule has 0 saturated carbocycles. The van der Waals surface area contributed by atoms with E-state index >= 15 is 0 Å². The van der Waals surface area contributed by atoms with E-state index in [2.05, 4.69) is 0 Å². The maximum absolute atomic E-state index is 11.9. The number of oxazole rings is 1. The molecule has 0 aliphatic rings. The first-order valence-corrected chi connectivity index (χ1v) is 6.27. The summed E-state index contributed by atoms with van der Waals surface area (Å²) in [7, 11) is 0. The average Bonchev–Trinajstić information content (AvgIpc) is 2.80. The maximum Gasteiger partial charge on any atom is 0.419 e. The Morgan fingerprint density at radius 3 is 2.57 bits per heavy atom. The Hall–Kier alpha value is -3.06. The van der Waals surface area contributed by atoms with Crippen LogP contribution in [0.15, 0.2) is 33.5 Å². The van der Waals surface area contributed by atoms with Crippen molar-refractivity contribution in [2.24, 2.45) is 0 Å². The van der Waals surface area contributed by atoms with Gasteiger partial charge in [0.25, 0.3) is 0 Å². The topological polar surface area (TPSA) is 103 Å². The molecule has 106 valence electrons. The molecule has 7 heteroatoms. The lowest BCUT2D eigenvalue weighted by molar-refractivity contribution is -0.130. The lowest BCUT2D eigenvalue weighted by Crippen LogP contribution is -2.33. The van der Waals surface area contributed by atoms with Gasteiger partial charge in [0.15, 0.2) is 5.58 Å². The number of fused-ring (bicyclic) bond motifs is 1. The zero-order valence-electron chi connectivity index (χ0n) is 11.2. The average molecular weight is 284 g/mol. The van der Waals surface area contributed by atoms with E-state index in [1.165, 1.54) is 4.57 Å². The van der Waals surface area contributed by atoms with Crippen molar-refractivity contribution in [2.75, 3.05) is 13.1 Å². The standard InChI is InChI=1S/C14H12N4O3/c15-6-9-17(10-7-16)13(19)5-8-18-11-3-1-2-4-12(11)21-14(18)20/h1-4H,5,8-10H2. The van der Waals surface area contributed by atoms with Gasteiger partial charge in [0.1, 0.15) is 13.1 Å². The first-order chi connectivity index (χ1) is 10.2. The summed E-state index contributed by atoms with van der Waals surface area (Å²) in [5.74, 6) is -0.883.